The van der Waals surface area contributed by atoms with Crippen molar-refractivity contribution in [2.24, 2.45) is 5.73 Å². The highest BCUT2D eigenvalue weighted by Crippen LogP contribution is 2.28. The molecule has 0 aliphatic carbocycles. The summed E-state index contributed by atoms with van der Waals surface area (Å²) in [5, 5.41) is 3.31. The second kappa shape index (κ2) is 31.2. The van der Waals surface area contributed by atoms with Crippen molar-refractivity contribution >= 4 is 39.8 Å². The van der Waals surface area contributed by atoms with Crippen molar-refractivity contribution in [3.8, 4) is 0 Å². The highest BCUT2D eigenvalue weighted by Gasteiger charge is 2.32. The van der Waals surface area contributed by atoms with E-state index in [-0.39, 0.29) is 32.6 Å². The zero-order valence-corrected chi connectivity index (χ0v) is 35.3. The van der Waals surface area contributed by atoms with Crippen LogP contribution in [0.1, 0.15) is 164 Å². The van der Waals surface area contributed by atoms with E-state index in [0.29, 0.717) is 11.5 Å². The molecule has 10 heteroatoms. The normalized spacial score (nSPS) is 13.0. The Kier molecular flexibility index (Phi) is 33.0. The summed E-state index contributed by atoms with van der Waals surface area (Å²) in [5.41, 5.74) is 6.29. The van der Waals surface area contributed by atoms with Crippen molar-refractivity contribution in [1.29, 1.82) is 0 Å². The van der Waals surface area contributed by atoms with E-state index in [2.05, 4.69) is 64.9 Å². The fourth-order valence-corrected chi connectivity index (χ4v) is 8.82. The van der Waals surface area contributed by atoms with Crippen molar-refractivity contribution in [3.05, 3.63) is 0 Å². The number of hydroxylamine groups is 2. The molecule has 1 saturated heterocycles. The highest BCUT2D eigenvalue weighted by molar-refractivity contribution is 6.79. The number of hydrogen-bond acceptors (Lipinski definition) is 6. The van der Waals surface area contributed by atoms with Crippen LogP contribution >= 0.6 is 0 Å². The van der Waals surface area contributed by atoms with E-state index in [1.807, 2.05) is 0 Å². The minimum absolute atomic E-state index is 0. The average Bonchev–Trinajstić information content (AvgIpc) is 3.35. The molecule has 1 aliphatic heterocycles. The number of carbonyl (C=O) groups excluding carboxylic acids is 4. The van der Waals surface area contributed by atoms with Crippen LogP contribution in [0.2, 0.25) is 49.4 Å². The second-order valence-electron chi connectivity index (χ2n) is 15.7. The smallest absolute Gasteiger partial charge is 0.333 e. The van der Waals surface area contributed by atoms with Crippen LogP contribution in [-0.2, 0) is 24.0 Å². The number of unbranched alkanes of at least 4 members (excludes halogenated alkanes) is 14. The molecule has 1 fully saturated rings. The van der Waals surface area contributed by atoms with Crippen LogP contribution in [0.15, 0.2) is 0 Å². The fourth-order valence-electron chi connectivity index (χ4n) is 5.35. The molecule has 0 aromatic carbocycles. The number of hydrogen-bond donors (Lipinski definition) is 2. The van der Waals surface area contributed by atoms with Gasteiger partial charge in [-0.05, 0) is 19.9 Å². The summed E-state index contributed by atoms with van der Waals surface area (Å²) in [5.74, 6) is -1.13. The molecule has 0 atom stereocenters. The Morgan fingerprint density at radius 1 is 0.633 bits per heavy atom. The lowest BCUT2D eigenvalue weighted by molar-refractivity contribution is -0.197. The van der Waals surface area contributed by atoms with Crippen LogP contribution in [0.5, 0.6) is 0 Å². The average molecular weight is 730 g/mol. The van der Waals surface area contributed by atoms with Crippen LogP contribution in [0.4, 0.5) is 0 Å². The molecule has 1 heterocycles. The zero-order valence-electron chi connectivity index (χ0n) is 33.3. The molecule has 1 rings (SSSR count). The SMILES string of the molecule is C.CC(C)[Si](C)(C)CCCCCCCCCCC(=O)ON1C(=O)CCC1=O.CN.CNC(=O)CCCCCCCCCC[Si](C)(C)C(C)C. The Hall–Kier alpha value is -1.53. The molecule has 3 amide bonds. The van der Waals surface area contributed by atoms with E-state index in [1.165, 1.54) is 96.2 Å². The first-order chi connectivity index (χ1) is 22.6. The minimum atomic E-state index is -0.989. The maximum absolute atomic E-state index is 11.7. The van der Waals surface area contributed by atoms with Gasteiger partial charge in [-0.15, -0.1) is 5.06 Å². The molecule has 3 N–H and O–H groups in total. The van der Waals surface area contributed by atoms with Gasteiger partial charge in [0.15, 0.2) is 0 Å². The Morgan fingerprint density at radius 2 is 0.939 bits per heavy atom. The highest BCUT2D eigenvalue weighted by atomic mass is 28.3. The fraction of sp³-hybridized carbons (Fsp3) is 0.897. The summed E-state index contributed by atoms with van der Waals surface area (Å²) in [4.78, 5) is 50.3. The summed E-state index contributed by atoms with van der Waals surface area (Å²) in [7, 11) is 1.31. The number of rotatable bonds is 25. The van der Waals surface area contributed by atoms with Gasteiger partial charge in [-0.1, -0.05) is 174 Å². The lowest BCUT2D eigenvalue weighted by atomic mass is 10.1. The molecule has 0 unspecified atom stereocenters. The van der Waals surface area contributed by atoms with Crippen LogP contribution < -0.4 is 11.1 Å². The third-order valence-corrected chi connectivity index (χ3v) is 20.1. The zero-order chi connectivity index (χ0) is 37.0. The number of nitrogens with zero attached hydrogens (tertiary/aromatic N) is 1. The lowest BCUT2D eigenvalue weighted by Gasteiger charge is -2.26. The van der Waals surface area contributed by atoms with Crippen molar-refractivity contribution in [3.63, 3.8) is 0 Å². The van der Waals surface area contributed by atoms with Crippen LogP contribution in [0.25, 0.3) is 0 Å². The molecule has 0 bridgehead atoms. The molecule has 0 aromatic heterocycles. The van der Waals surface area contributed by atoms with E-state index in [4.69, 9.17) is 4.84 Å². The maximum atomic E-state index is 11.7. The minimum Gasteiger partial charge on any atom is -0.359 e. The Balaban J connectivity index is -0.000000831. The molecule has 0 radical (unpaired) electrons. The van der Waals surface area contributed by atoms with Gasteiger partial charge in [-0.25, -0.2) is 4.79 Å². The predicted molar refractivity (Wildman–Crippen MR) is 216 cm³/mol. The van der Waals surface area contributed by atoms with E-state index in [9.17, 15) is 19.2 Å². The molecule has 0 spiro atoms. The molecule has 0 saturated carbocycles. The Labute approximate surface area is 306 Å². The standard InChI is InChI=1S/C20H37NO4Si.C17H37NOSi.CH5N.CH4/c1-17(2)26(3,4)16-12-10-8-6-5-7-9-11-13-20(24)25-21-18(22)14-15-19(21)23;1-16(2)20(4,5)15-13-11-9-7-6-8-10-12-14-17(19)18-3;1-2;/h17H,5-16H2,1-4H3;16H,6-15H2,1-5H3,(H,18,19);2H2,1H3;1H4. The predicted octanol–water partition coefficient (Wildman–Crippen LogP) is 10.8. The number of amides is 3. The largest absolute Gasteiger partial charge is 0.359 e. The summed E-state index contributed by atoms with van der Waals surface area (Å²) in [6, 6.07) is 2.94. The first kappa shape index (κ1) is 51.8. The third-order valence-electron chi connectivity index (χ3n) is 10.5. The third kappa shape index (κ3) is 27.8. The Bertz CT molecular complexity index is 850. The Morgan fingerprint density at radius 3 is 1.27 bits per heavy atom. The maximum Gasteiger partial charge on any atom is 0.333 e. The van der Waals surface area contributed by atoms with Crippen molar-refractivity contribution in [2.45, 2.75) is 213 Å². The number of imide groups is 1. The van der Waals surface area contributed by atoms with E-state index in [0.717, 1.165) is 36.8 Å². The van der Waals surface area contributed by atoms with Gasteiger partial charge in [-0.2, -0.15) is 0 Å². The summed E-state index contributed by atoms with van der Waals surface area (Å²) in [6.45, 7) is 19.6. The first-order valence-electron chi connectivity index (χ1n) is 19.5. The van der Waals surface area contributed by atoms with Gasteiger partial charge >= 0.3 is 5.97 Å². The van der Waals surface area contributed by atoms with Gasteiger partial charge in [0.05, 0.1) is 0 Å². The topological polar surface area (TPSA) is 119 Å². The first-order valence-corrected chi connectivity index (χ1v) is 26.1. The molecular weight excluding hydrogens is 647 g/mol. The van der Waals surface area contributed by atoms with E-state index in [1.54, 1.807) is 7.05 Å². The van der Waals surface area contributed by atoms with E-state index < -0.39 is 33.9 Å². The van der Waals surface area contributed by atoms with Gasteiger partial charge < -0.3 is 15.9 Å². The van der Waals surface area contributed by atoms with Crippen LogP contribution in [0.3, 0.4) is 0 Å². The van der Waals surface area contributed by atoms with Crippen molar-refractivity contribution in [1.82, 2.24) is 10.4 Å². The van der Waals surface area contributed by atoms with Gasteiger partial charge in [0.25, 0.3) is 11.8 Å². The van der Waals surface area contributed by atoms with Crippen LogP contribution in [0, 0.1) is 0 Å². The van der Waals surface area contributed by atoms with Crippen molar-refractivity contribution < 1.29 is 24.0 Å². The number of nitrogens with two attached hydrogens (primary N) is 1. The van der Waals surface area contributed by atoms with E-state index >= 15 is 0 Å². The lowest BCUT2D eigenvalue weighted by Crippen LogP contribution is -2.31. The molecule has 292 valence electrons. The summed E-state index contributed by atoms with van der Waals surface area (Å²) in [6.07, 6.45) is 21.2. The van der Waals surface area contributed by atoms with Crippen LogP contribution in [-0.4, -0.2) is 59.0 Å². The second-order valence-corrected chi connectivity index (χ2v) is 26.9. The van der Waals surface area contributed by atoms with Gasteiger partial charge in [0, 0.05) is 48.9 Å². The number of carbonyl (C=O) groups is 4. The van der Waals surface area contributed by atoms with Crippen molar-refractivity contribution in [2.75, 3.05) is 14.1 Å². The summed E-state index contributed by atoms with van der Waals surface area (Å²) >= 11 is 0. The molecule has 49 heavy (non-hydrogen) atoms. The summed E-state index contributed by atoms with van der Waals surface area (Å²) < 4.78 is 0. The van der Waals surface area contributed by atoms with Gasteiger partial charge in [-0.3, -0.25) is 14.4 Å². The molecule has 1 aliphatic rings. The van der Waals surface area contributed by atoms with Gasteiger partial charge in [0.1, 0.15) is 0 Å². The monoisotopic (exact) mass is 730 g/mol. The number of nitrogens with one attached hydrogen (secondary N) is 1. The molecular formula is C39H83N3O5Si2. The molecule has 0 aromatic rings. The molecule has 8 nitrogen and oxygen atoms in total. The quantitative estimate of drug-likeness (QED) is 0.0548. The van der Waals surface area contributed by atoms with Gasteiger partial charge in [0.2, 0.25) is 5.91 Å².